The van der Waals surface area contributed by atoms with Crippen molar-refractivity contribution in [2.45, 2.75) is 32.6 Å². The van der Waals surface area contributed by atoms with Crippen molar-refractivity contribution in [3.05, 3.63) is 0 Å². The molecule has 86 valence electrons. The summed E-state index contributed by atoms with van der Waals surface area (Å²) in [5.74, 6) is 1.65. The Morgan fingerprint density at radius 3 is 2.40 bits per heavy atom. The van der Waals surface area contributed by atoms with Gasteiger partial charge in [-0.25, -0.2) is 0 Å². The summed E-state index contributed by atoms with van der Waals surface area (Å²) in [6, 6.07) is 0. The minimum Gasteiger partial charge on any atom is -0.465 e. The van der Waals surface area contributed by atoms with E-state index < -0.39 is 0 Å². The fourth-order valence-corrected chi connectivity index (χ4v) is 3.02. The van der Waals surface area contributed by atoms with Crippen LogP contribution >= 0.6 is 0 Å². The van der Waals surface area contributed by atoms with E-state index in [4.69, 9.17) is 4.74 Å². The highest BCUT2D eigenvalue weighted by atomic mass is 16.5. The van der Waals surface area contributed by atoms with Crippen LogP contribution in [0.3, 0.4) is 0 Å². The third-order valence-electron chi connectivity index (χ3n) is 3.71. The first-order chi connectivity index (χ1) is 7.29. The number of nitrogens with zero attached hydrogens (tertiary/aromatic N) is 1. The Bertz CT molecular complexity index is 216. The van der Waals surface area contributed by atoms with Gasteiger partial charge in [-0.05, 0) is 31.6 Å². The molecule has 1 saturated carbocycles. The van der Waals surface area contributed by atoms with Crippen LogP contribution < -0.4 is 0 Å². The van der Waals surface area contributed by atoms with E-state index in [1.807, 2.05) is 6.92 Å². The molecule has 15 heavy (non-hydrogen) atoms. The molecule has 2 unspecified atom stereocenters. The van der Waals surface area contributed by atoms with E-state index in [0.29, 0.717) is 13.2 Å². The number of carbonyl (C=O) groups is 1. The molecule has 0 spiro atoms. The summed E-state index contributed by atoms with van der Waals surface area (Å²) in [4.78, 5) is 13.6. The molecule has 1 aliphatic carbocycles. The lowest BCUT2D eigenvalue weighted by Crippen LogP contribution is -2.29. The third kappa shape index (κ3) is 2.71. The van der Waals surface area contributed by atoms with Crippen molar-refractivity contribution in [3.8, 4) is 0 Å². The van der Waals surface area contributed by atoms with Crippen molar-refractivity contribution >= 4 is 5.97 Å². The van der Waals surface area contributed by atoms with Gasteiger partial charge in [0, 0.05) is 13.1 Å². The second kappa shape index (κ2) is 4.97. The van der Waals surface area contributed by atoms with Crippen molar-refractivity contribution < 1.29 is 9.53 Å². The molecule has 2 atom stereocenters. The van der Waals surface area contributed by atoms with Gasteiger partial charge in [-0.1, -0.05) is 12.8 Å². The number of hydrogen-bond donors (Lipinski definition) is 0. The predicted octanol–water partition coefficient (Wildman–Crippen LogP) is 1.67. The molecule has 2 rings (SSSR count). The largest absolute Gasteiger partial charge is 0.465 e. The van der Waals surface area contributed by atoms with Crippen LogP contribution in [0.25, 0.3) is 0 Å². The molecule has 1 heterocycles. The van der Waals surface area contributed by atoms with Crippen molar-refractivity contribution in [3.63, 3.8) is 0 Å². The molecular formula is C12H21NO2. The van der Waals surface area contributed by atoms with E-state index in [0.717, 1.165) is 24.9 Å². The highest BCUT2D eigenvalue weighted by molar-refractivity contribution is 5.71. The van der Waals surface area contributed by atoms with Gasteiger partial charge in [0.05, 0.1) is 13.2 Å². The van der Waals surface area contributed by atoms with Gasteiger partial charge < -0.3 is 4.74 Å². The molecule has 1 aliphatic heterocycles. The monoisotopic (exact) mass is 211 g/mol. The van der Waals surface area contributed by atoms with Gasteiger partial charge in [0.15, 0.2) is 0 Å². The van der Waals surface area contributed by atoms with E-state index in [-0.39, 0.29) is 5.97 Å². The molecule has 0 amide bonds. The number of likely N-dealkylation sites (tertiary alicyclic amines) is 1. The molecule has 0 aromatic rings. The number of rotatable bonds is 3. The summed E-state index contributed by atoms with van der Waals surface area (Å²) in [6.07, 6.45) is 5.50. The van der Waals surface area contributed by atoms with Crippen LogP contribution in [0.1, 0.15) is 32.6 Å². The minimum atomic E-state index is -0.0591. The molecule has 3 nitrogen and oxygen atoms in total. The molecule has 1 saturated heterocycles. The van der Waals surface area contributed by atoms with Crippen molar-refractivity contribution in [2.24, 2.45) is 11.8 Å². The van der Waals surface area contributed by atoms with E-state index >= 15 is 0 Å². The second-order valence-corrected chi connectivity index (χ2v) is 4.80. The van der Waals surface area contributed by atoms with Crippen molar-refractivity contribution in [1.29, 1.82) is 0 Å². The quantitative estimate of drug-likeness (QED) is 0.665. The second-order valence-electron chi connectivity index (χ2n) is 4.80. The highest BCUT2D eigenvalue weighted by Crippen LogP contribution is 2.35. The number of fused-ring (bicyclic) bond motifs is 1. The first kappa shape index (κ1) is 10.9. The van der Waals surface area contributed by atoms with Gasteiger partial charge in [0.25, 0.3) is 0 Å². The molecule has 0 radical (unpaired) electrons. The molecule has 0 aromatic heterocycles. The van der Waals surface area contributed by atoms with E-state index in [9.17, 15) is 4.79 Å². The molecule has 3 heteroatoms. The van der Waals surface area contributed by atoms with Gasteiger partial charge in [-0.15, -0.1) is 0 Å². The van der Waals surface area contributed by atoms with Crippen LogP contribution in [0.5, 0.6) is 0 Å². The molecule has 0 aromatic carbocycles. The van der Waals surface area contributed by atoms with Crippen LogP contribution in [0.2, 0.25) is 0 Å². The SMILES string of the molecule is CCOC(=O)CN1CC2CCCCC2C1. The van der Waals surface area contributed by atoms with Crippen molar-refractivity contribution in [1.82, 2.24) is 4.90 Å². The molecule has 2 aliphatic rings. The van der Waals surface area contributed by atoms with Crippen LogP contribution in [0, 0.1) is 11.8 Å². The van der Waals surface area contributed by atoms with Gasteiger partial charge in [0.1, 0.15) is 0 Å². The number of ether oxygens (including phenoxy) is 1. The summed E-state index contributed by atoms with van der Waals surface area (Å²) in [5, 5.41) is 0. The zero-order valence-corrected chi connectivity index (χ0v) is 9.58. The Morgan fingerprint density at radius 1 is 1.27 bits per heavy atom. The molecule has 2 fully saturated rings. The normalized spacial score (nSPS) is 31.3. The number of carbonyl (C=O) groups excluding carboxylic acids is 1. The topological polar surface area (TPSA) is 29.5 Å². The first-order valence-electron chi connectivity index (χ1n) is 6.17. The van der Waals surface area contributed by atoms with E-state index in [2.05, 4.69) is 4.90 Å². The minimum absolute atomic E-state index is 0.0591. The maximum absolute atomic E-state index is 11.3. The van der Waals surface area contributed by atoms with E-state index in [1.54, 1.807) is 0 Å². The van der Waals surface area contributed by atoms with Gasteiger partial charge in [0.2, 0.25) is 0 Å². The fraction of sp³-hybridized carbons (Fsp3) is 0.917. The summed E-state index contributed by atoms with van der Waals surface area (Å²) in [5.41, 5.74) is 0. The Kier molecular flexibility index (Phi) is 3.62. The Labute approximate surface area is 91.8 Å². The predicted molar refractivity (Wildman–Crippen MR) is 58.5 cm³/mol. The lowest BCUT2D eigenvalue weighted by atomic mass is 9.82. The lowest BCUT2D eigenvalue weighted by molar-refractivity contribution is -0.144. The van der Waals surface area contributed by atoms with Crippen LogP contribution in [-0.2, 0) is 9.53 Å². The number of hydrogen-bond acceptors (Lipinski definition) is 3. The lowest BCUT2D eigenvalue weighted by Gasteiger charge is -2.23. The zero-order chi connectivity index (χ0) is 10.7. The maximum Gasteiger partial charge on any atom is 0.320 e. The molecular weight excluding hydrogens is 190 g/mol. The summed E-state index contributed by atoms with van der Waals surface area (Å²) in [7, 11) is 0. The standard InChI is InChI=1S/C12H21NO2/c1-2-15-12(14)9-13-7-10-5-3-4-6-11(10)8-13/h10-11H,2-9H2,1H3. The maximum atomic E-state index is 11.3. The van der Waals surface area contributed by atoms with Crippen LogP contribution in [0.15, 0.2) is 0 Å². The molecule has 0 bridgehead atoms. The van der Waals surface area contributed by atoms with Gasteiger partial charge in [-0.3, -0.25) is 9.69 Å². The van der Waals surface area contributed by atoms with Crippen LogP contribution in [0.4, 0.5) is 0 Å². The van der Waals surface area contributed by atoms with Gasteiger partial charge in [-0.2, -0.15) is 0 Å². The van der Waals surface area contributed by atoms with Crippen LogP contribution in [-0.4, -0.2) is 37.1 Å². The third-order valence-corrected chi connectivity index (χ3v) is 3.71. The van der Waals surface area contributed by atoms with E-state index in [1.165, 1.54) is 25.7 Å². The smallest absolute Gasteiger partial charge is 0.320 e. The summed E-state index contributed by atoms with van der Waals surface area (Å²) in [6.45, 7) is 5.09. The zero-order valence-electron chi connectivity index (χ0n) is 9.58. The first-order valence-corrected chi connectivity index (χ1v) is 6.17. The fourth-order valence-electron chi connectivity index (χ4n) is 3.02. The average molecular weight is 211 g/mol. The average Bonchev–Trinajstić information content (AvgIpc) is 2.59. The number of esters is 1. The van der Waals surface area contributed by atoms with Gasteiger partial charge >= 0.3 is 5.97 Å². The highest BCUT2D eigenvalue weighted by Gasteiger charge is 2.34. The molecule has 0 N–H and O–H groups in total. The summed E-state index contributed by atoms with van der Waals surface area (Å²) >= 11 is 0. The Hall–Kier alpha value is -0.570. The Morgan fingerprint density at radius 2 is 1.87 bits per heavy atom. The summed E-state index contributed by atoms with van der Waals surface area (Å²) < 4.78 is 4.98. The van der Waals surface area contributed by atoms with Crippen molar-refractivity contribution in [2.75, 3.05) is 26.2 Å². The Balaban J connectivity index is 1.78.